The van der Waals surface area contributed by atoms with Crippen LogP contribution in [0.5, 0.6) is 0 Å². The van der Waals surface area contributed by atoms with Gasteiger partial charge in [0.05, 0.1) is 33.3 Å². The zero-order valence-corrected chi connectivity index (χ0v) is 29.3. The summed E-state index contributed by atoms with van der Waals surface area (Å²) < 4.78 is 4.58. The number of allylic oxidation sites excluding steroid dienone is 3. The Morgan fingerprint density at radius 2 is 1.21 bits per heavy atom. The highest BCUT2D eigenvalue weighted by Crippen LogP contribution is 2.51. The number of thiophene rings is 1. The summed E-state index contributed by atoms with van der Waals surface area (Å²) in [6.07, 6.45) is 2.14. The lowest BCUT2D eigenvalue weighted by atomic mass is 9.85. The van der Waals surface area contributed by atoms with Crippen molar-refractivity contribution in [2.75, 3.05) is 0 Å². The first-order valence-corrected chi connectivity index (χ1v) is 17.8. The molecule has 4 aromatic carbocycles. The maximum atomic E-state index is 14.0. The van der Waals surface area contributed by atoms with E-state index in [-0.39, 0.29) is 11.5 Å². The number of aliphatic hydroxyl groups is 1. The van der Waals surface area contributed by atoms with Crippen LogP contribution in [0.3, 0.4) is 0 Å². The number of fused-ring (bicyclic) bond motifs is 6. The maximum Gasteiger partial charge on any atom is 0.251 e. The molecule has 4 heterocycles. The highest BCUT2D eigenvalue weighted by Gasteiger charge is 2.43. The minimum Gasteiger partial charge on any atom is -0.506 e. The number of aromatic nitrogens is 1. The number of benzene rings is 4. The number of aliphatic hydroxyl groups excluding tert-OH is 1. The highest BCUT2D eigenvalue weighted by atomic mass is 32.2. The van der Waals surface area contributed by atoms with Crippen molar-refractivity contribution in [3.8, 4) is 16.1 Å². The minimum absolute atomic E-state index is 0.0925. The van der Waals surface area contributed by atoms with Crippen molar-refractivity contribution in [2.45, 2.75) is 41.5 Å². The summed E-state index contributed by atoms with van der Waals surface area (Å²) >= 11 is 3.13. The van der Waals surface area contributed by atoms with Crippen LogP contribution in [0.15, 0.2) is 107 Å². The molecule has 0 radical (unpaired) electrons. The van der Waals surface area contributed by atoms with Gasteiger partial charge in [0, 0.05) is 38.8 Å². The molecule has 234 valence electrons. The van der Waals surface area contributed by atoms with Crippen LogP contribution in [0.2, 0.25) is 0 Å². The number of hydrogen-bond acceptors (Lipinski definition) is 4. The predicted octanol–water partition coefficient (Wildman–Crippen LogP) is 11.1. The first-order chi connectivity index (χ1) is 23.1. The molecule has 9 rings (SSSR count). The Kier molecular flexibility index (Phi) is 6.27. The molecule has 0 unspecified atom stereocenters. The lowest BCUT2D eigenvalue weighted by Crippen LogP contribution is -2.22. The molecule has 4 nitrogen and oxygen atoms in total. The number of aryl methyl sites for hydroxylation is 5. The Morgan fingerprint density at radius 1 is 0.667 bits per heavy atom. The summed E-state index contributed by atoms with van der Waals surface area (Å²) in [7, 11) is 0. The van der Waals surface area contributed by atoms with Crippen molar-refractivity contribution >= 4 is 72.7 Å². The van der Waals surface area contributed by atoms with Crippen molar-refractivity contribution in [2.24, 2.45) is 0 Å². The second kappa shape index (κ2) is 10.3. The van der Waals surface area contributed by atoms with Crippen molar-refractivity contribution in [1.82, 2.24) is 9.14 Å². The molecule has 0 fully saturated rings. The third-order valence-corrected chi connectivity index (χ3v) is 12.3. The summed E-state index contributed by atoms with van der Waals surface area (Å²) in [5.41, 5.74) is 14.7. The van der Waals surface area contributed by atoms with Gasteiger partial charge in [0.25, 0.3) is 5.04 Å². The molecule has 0 spiro atoms. The molecule has 0 bridgehead atoms. The number of rotatable bonds is 2. The Hall–Kier alpha value is -4.91. The molecule has 0 saturated carbocycles. The summed E-state index contributed by atoms with van der Waals surface area (Å²) in [5, 5.41) is 16.1. The summed E-state index contributed by atoms with van der Waals surface area (Å²) in [4.78, 5) is 15.7. The van der Waals surface area contributed by atoms with E-state index in [1.54, 1.807) is 23.1 Å². The fourth-order valence-electron chi connectivity index (χ4n) is 7.45. The number of Topliss-reactive ketones (excluding diaryl/α,β-unsaturated/α-hetero) is 1. The second-order valence-corrected chi connectivity index (χ2v) is 15.4. The van der Waals surface area contributed by atoms with Gasteiger partial charge in [-0.3, -0.25) is 4.79 Å². The Labute approximate surface area is 287 Å². The first kappa shape index (κ1) is 29.2. The topological polar surface area (TPSA) is 45.2 Å². The quantitative estimate of drug-likeness (QED) is 0.148. The molecular weight excluding hydrogens is 629 g/mol. The highest BCUT2D eigenvalue weighted by molar-refractivity contribution is 8.18. The number of hydrogen-bond donors (Lipinski definition) is 1. The van der Waals surface area contributed by atoms with Crippen LogP contribution < -0.4 is 4.58 Å². The lowest BCUT2D eigenvalue weighted by Gasteiger charge is -2.23. The predicted molar refractivity (Wildman–Crippen MR) is 204 cm³/mol. The molecular formula is C42H33N2O2S2+. The van der Waals surface area contributed by atoms with E-state index < -0.39 is 0 Å². The van der Waals surface area contributed by atoms with Crippen LogP contribution in [0.1, 0.15) is 39.6 Å². The number of ketones is 1. The van der Waals surface area contributed by atoms with Crippen LogP contribution in [0.4, 0.5) is 11.4 Å². The van der Waals surface area contributed by atoms with E-state index in [4.69, 9.17) is 0 Å². The van der Waals surface area contributed by atoms with Crippen molar-refractivity contribution < 1.29 is 9.90 Å². The summed E-state index contributed by atoms with van der Waals surface area (Å²) in [6.45, 7) is 12.6. The smallest absolute Gasteiger partial charge is 0.251 e. The van der Waals surface area contributed by atoms with Crippen LogP contribution in [-0.2, 0) is 4.79 Å². The Bertz CT molecular complexity index is 2510. The first-order valence-electron chi connectivity index (χ1n) is 16.2. The second-order valence-electron chi connectivity index (χ2n) is 13.4. The zero-order valence-electron chi connectivity index (χ0n) is 27.6. The van der Waals surface area contributed by atoms with Gasteiger partial charge in [0.1, 0.15) is 10.8 Å². The minimum atomic E-state index is -0.0950. The molecule has 1 aliphatic carbocycles. The van der Waals surface area contributed by atoms with Gasteiger partial charge < -0.3 is 9.67 Å². The van der Waals surface area contributed by atoms with E-state index in [2.05, 4.69) is 122 Å². The summed E-state index contributed by atoms with van der Waals surface area (Å²) in [5.74, 6) is -0.00242. The summed E-state index contributed by atoms with van der Waals surface area (Å²) in [6, 6.07) is 28.5. The van der Waals surface area contributed by atoms with Gasteiger partial charge in [-0.1, -0.05) is 46.5 Å². The van der Waals surface area contributed by atoms with Gasteiger partial charge >= 0.3 is 0 Å². The molecule has 1 N–H and O–H groups in total. The number of nitrogens with zero attached hydrogens (tertiary/aromatic N) is 2. The van der Waals surface area contributed by atoms with E-state index >= 15 is 0 Å². The van der Waals surface area contributed by atoms with Crippen molar-refractivity contribution in [3.63, 3.8) is 0 Å². The molecule has 6 aromatic rings. The zero-order chi connectivity index (χ0) is 33.2. The Morgan fingerprint density at radius 3 is 1.77 bits per heavy atom. The maximum absolute atomic E-state index is 14.0. The van der Waals surface area contributed by atoms with E-state index in [0.29, 0.717) is 11.1 Å². The monoisotopic (exact) mass is 661 g/mol. The molecule has 0 atom stereocenters. The van der Waals surface area contributed by atoms with Gasteiger partial charge in [0.15, 0.2) is 0 Å². The average Bonchev–Trinajstić information content (AvgIpc) is 3.78. The number of thioether (sulfide) groups is 1. The molecule has 2 aliphatic heterocycles. The van der Waals surface area contributed by atoms with Gasteiger partial charge in [-0.25, -0.2) is 0 Å². The molecule has 48 heavy (non-hydrogen) atoms. The normalized spacial score (nSPS) is 17.1. The third-order valence-electron chi connectivity index (χ3n) is 9.78. The van der Waals surface area contributed by atoms with E-state index in [1.807, 2.05) is 13.8 Å². The molecule has 0 saturated heterocycles. The third kappa shape index (κ3) is 4.09. The molecule has 2 aromatic heterocycles. The van der Waals surface area contributed by atoms with Gasteiger partial charge in [0.2, 0.25) is 17.2 Å². The number of carbonyl (C=O) groups is 1. The van der Waals surface area contributed by atoms with E-state index in [9.17, 15) is 9.90 Å². The number of carbonyl (C=O) groups excluding carboxylic acids is 1. The molecule has 3 aliphatic rings. The van der Waals surface area contributed by atoms with Crippen LogP contribution in [0, 0.1) is 34.6 Å². The molecule has 0 amide bonds. The van der Waals surface area contributed by atoms with Gasteiger partial charge in [-0.2, -0.15) is 0 Å². The van der Waals surface area contributed by atoms with Gasteiger partial charge in [-0.05, 0) is 107 Å². The standard InChI is InChI=1S/C42H32N2O2S2/c1-21-7-11-31-27(15-21)28-16-22(2)8-12-32(28)43(31)35-19-25(5)41(47-35)37-39(45)38(40(37)46)42-26(6)20-36(48-42)44-33-13-9-23(3)17-29(33)30-18-24(4)10-14-34(30)44/h7-20H,1-6H3/p+1. The van der Waals surface area contributed by atoms with Crippen LogP contribution in [-0.4, -0.2) is 20.5 Å². The fourth-order valence-corrected chi connectivity index (χ4v) is 9.94. The van der Waals surface area contributed by atoms with E-state index in [0.717, 1.165) is 53.4 Å². The van der Waals surface area contributed by atoms with Crippen LogP contribution >= 0.6 is 23.1 Å². The van der Waals surface area contributed by atoms with E-state index in [1.165, 1.54) is 44.2 Å². The fraction of sp³-hybridized carbons (Fsp3) is 0.143. The largest absolute Gasteiger partial charge is 0.506 e. The SMILES string of the molecule is CC1=CC(=[N+]2c3ccc(C)cc3-c3cc(C)ccc32)S/C1=C1\C(=O)C(c2sc(-n3c4ccc(C)cc4c4cc(C)ccc43)cc2C)=C1O. The van der Waals surface area contributed by atoms with Crippen molar-refractivity contribution in [3.05, 3.63) is 139 Å². The average molecular weight is 662 g/mol. The lowest BCUT2D eigenvalue weighted by molar-refractivity contribution is -0.111. The van der Waals surface area contributed by atoms with Crippen LogP contribution in [0.25, 0.3) is 43.5 Å². The Balaban J connectivity index is 1.14. The molecule has 6 heteroatoms. The van der Waals surface area contributed by atoms with Crippen molar-refractivity contribution in [1.29, 1.82) is 0 Å². The van der Waals surface area contributed by atoms with Gasteiger partial charge in [-0.15, -0.1) is 15.9 Å².